The van der Waals surface area contributed by atoms with Gasteiger partial charge in [-0.05, 0) is 156 Å². The van der Waals surface area contributed by atoms with E-state index in [0.29, 0.717) is 16.7 Å². The Balaban J connectivity index is 1.39. The summed E-state index contributed by atoms with van der Waals surface area (Å²) in [4.78, 5) is 0. The second-order valence-corrected chi connectivity index (χ2v) is 13.5. The van der Waals surface area contributed by atoms with Gasteiger partial charge in [0.25, 0.3) is 0 Å². The fourth-order valence-corrected chi connectivity index (χ4v) is 8.06. The Morgan fingerprint density at radius 2 is 1.08 bits per heavy atom. The Morgan fingerprint density at radius 1 is 0.462 bits per heavy atom. The lowest BCUT2D eigenvalue weighted by Crippen LogP contribution is -1.91. The van der Waals surface area contributed by atoms with Crippen LogP contribution >= 0.6 is 0 Å². The van der Waals surface area contributed by atoms with Gasteiger partial charge in [0.05, 0.1) is 29.3 Å². The Bertz CT molecular complexity index is 3050. The van der Waals surface area contributed by atoms with Crippen molar-refractivity contribution in [3.8, 4) is 62.7 Å². The van der Waals surface area contributed by atoms with Crippen LogP contribution in [0.5, 0.6) is 0 Å². The first-order valence-electron chi connectivity index (χ1n) is 17.3. The summed E-state index contributed by atoms with van der Waals surface area (Å²) in [6.07, 6.45) is 3.92. The fourth-order valence-electron chi connectivity index (χ4n) is 8.06. The van der Waals surface area contributed by atoms with Gasteiger partial charge in [-0.2, -0.15) is 15.8 Å². The number of nitrogens with zero attached hydrogens (tertiary/aromatic N) is 3. The molecule has 0 atom stereocenters. The highest BCUT2D eigenvalue weighted by atomic mass is 14.3. The van der Waals surface area contributed by atoms with Gasteiger partial charge in [0, 0.05) is 11.1 Å². The highest BCUT2D eigenvalue weighted by Crippen LogP contribution is 2.52. The van der Waals surface area contributed by atoms with Crippen molar-refractivity contribution in [3.63, 3.8) is 0 Å². The fraction of sp³-hybridized carbons (Fsp3) is 0.0408. The van der Waals surface area contributed by atoms with Crippen molar-refractivity contribution in [3.05, 3.63) is 162 Å². The van der Waals surface area contributed by atoms with Gasteiger partial charge in [0.1, 0.15) is 0 Å². The lowest BCUT2D eigenvalue weighted by atomic mass is 9.86. The van der Waals surface area contributed by atoms with Crippen molar-refractivity contribution < 1.29 is 0 Å². The molecule has 9 rings (SSSR count). The number of allylic oxidation sites excluding steroid dienone is 4. The smallest absolute Gasteiger partial charge is 0.0998 e. The molecule has 0 saturated heterocycles. The molecular formula is C49H29N3. The summed E-state index contributed by atoms with van der Waals surface area (Å²) in [5.41, 5.74) is 13.1. The molecule has 0 spiro atoms. The van der Waals surface area contributed by atoms with Gasteiger partial charge in [0.15, 0.2) is 0 Å². The van der Waals surface area contributed by atoms with Gasteiger partial charge in [0.2, 0.25) is 0 Å². The van der Waals surface area contributed by atoms with Gasteiger partial charge >= 0.3 is 0 Å². The first-order valence-corrected chi connectivity index (χ1v) is 17.3. The summed E-state index contributed by atoms with van der Waals surface area (Å²) >= 11 is 0. The van der Waals surface area contributed by atoms with E-state index in [1.807, 2.05) is 67.6 Å². The van der Waals surface area contributed by atoms with Crippen LogP contribution in [-0.2, 0) is 0 Å². The maximum atomic E-state index is 9.96. The topological polar surface area (TPSA) is 71.4 Å². The molecule has 0 unspecified atom stereocenters. The monoisotopic (exact) mass is 659 g/mol. The number of hydrogen-bond acceptors (Lipinski definition) is 3. The zero-order valence-corrected chi connectivity index (χ0v) is 28.6. The molecule has 3 nitrogen and oxygen atoms in total. The summed E-state index contributed by atoms with van der Waals surface area (Å²) < 4.78 is 0. The minimum Gasteiger partial charge on any atom is -0.193 e. The summed E-state index contributed by atoms with van der Waals surface area (Å²) in [5.74, 6) is 0. The highest BCUT2D eigenvalue weighted by molar-refractivity contribution is 6.27. The quantitative estimate of drug-likeness (QED) is 0.107. The molecule has 240 valence electrons. The van der Waals surface area contributed by atoms with Crippen molar-refractivity contribution in [1.82, 2.24) is 0 Å². The minimum atomic E-state index is 0.628. The first-order chi connectivity index (χ1) is 25.5. The van der Waals surface area contributed by atoms with E-state index in [9.17, 15) is 15.8 Å². The van der Waals surface area contributed by atoms with E-state index < -0.39 is 0 Å². The minimum absolute atomic E-state index is 0.628. The lowest BCUT2D eigenvalue weighted by Gasteiger charge is -2.17. The van der Waals surface area contributed by atoms with Gasteiger partial charge in [-0.3, -0.25) is 0 Å². The largest absolute Gasteiger partial charge is 0.193 e. The van der Waals surface area contributed by atoms with Crippen molar-refractivity contribution in [2.75, 3.05) is 0 Å². The molecule has 0 fully saturated rings. The molecule has 8 aromatic carbocycles. The lowest BCUT2D eigenvalue weighted by molar-refractivity contribution is 1.44. The number of hydrogen-bond donors (Lipinski definition) is 0. The van der Waals surface area contributed by atoms with Crippen molar-refractivity contribution in [1.29, 1.82) is 15.8 Å². The van der Waals surface area contributed by atoms with Gasteiger partial charge in [-0.25, -0.2) is 0 Å². The van der Waals surface area contributed by atoms with Crippen LogP contribution in [0.1, 0.15) is 30.5 Å². The van der Waals surface area contributed by atoms with Crippen LogP contribution in [0.3, 0.4) is 0 Å². The summed E-state index contributed by atoms with van der Waals surface area (Å²) in [7, 11) is 0. The van der Waals surface area contributed by atoms with E-state index in [0.717, 1.165) is 71.1 Å². The van der Waals surface area contributed by atoms with Crippen LogP contribution in [0.4, 0.5) is 0 Å². The van der Waals surface area contributed by atoms with Crippen LogP contribution in [0.25, 0.3) is 93.2 Å². The number of benzene rings is 8. The molecule has 1 aliphatic rings. The molecule has 8 aromatic rings. The zero-order chi connectivity index (χ0) is 35.5. The van der Waals surface area contributed by atoms with Crippen molar-refractivity contribution in [2.45, 2.75) is 13.8 Å². The van der Waals surface area contributed by atoms with Gasteiger partial charge in [-0.1, -0.05) is 91.0 Å². The summed E-state index contributed by atoms with van der Waals surface area (Å²) in [6, 6.07) is 51.4. The standard InChI is InChI=1S/C49H29N3/c1-29(26-50)14-15-30(2)41-22-47-43(36-11-6-5-10-35(36)41)23-42(32-18-16-31(27-51)17-19-32)46-24-45-40-21-20-37(34-9-4-3-8-33(34)28-52)38-12-7-13-39(49(38)40)44(45)25-48(46)47/h3-25H,1-2H3. The Morgan fingerprint density at radius 3 is 1.85 bits per heavy atom. The van der Waals surface area contributed by atoms with Crippen LogP contribution in [0, 0.1) is 34.0 Å². The van der Waals surface area contributed by atoms with Gasteiger partial charge < -0.3 is 0 Å². The number of fused-ring (bicyclic) bond motifs is 8. The molecule has 52 heavy (non-hydrogen) atoms. The Labute approximate surface area is 301 Å². The Kier molecular flexibility index (Phi) is 7.08. The normalized spacial score (nSPS) is 12.2. The molecule has 0 amide bonds. The van der Waals surface area contributed by atoms with Crippen LogP contribution in [0.2, 0.25) is 0 Å². The third kappa shape index (κ3) is 4.64. The van der Waals surface area contributed by atoms with Crippen molar-refractivity contribution in [2.24, 2.45) is 0 Å². The molecule has 3 heteroatoms. The number of rotatable bonds is 4. The molecular weight excluding hydrogens is 631 g/mol. The third-order valence-electron chi connectivity index (χ3n) is 10.6. The van der Waals surface area contributed by atoms with Crippen LogP contribution < -0.4 is 0 Å². The van der Waals surface area contributed by atoms with E-state index in [1.165, 1.54) is 27.6 Å². The highest BCUT2D eigenvalue weighted by Gasteiger charge is 2.25. The van der Waals surface area contributed by atoms with E-state index in [1.54, 1.807) is 0 Å². The third-order valence-corrected chi connectivity index (χ3v) is 10.6. The molecule has 1 aliphatic carbocycles. The van der Waals surface area contributed by atoms with E-state index in [4.69, 9.17) is 0 Å². The Hall–Kier alpha value is -7.25. The van der Waals surface area contributed by atoms with E-state index in [-0.39, 0.29) is 0 Å². The SMILES string of the molecule is CC(C#N)=CC=C(C)c1cc2c3cc4c(cc3c(-c3ccc(C#N)cc3)cc2c2ccccc12)-c1ccc(-c2ccccc2C#N)c2cccc-4c12. The predicted molar refractivity (Wildman–Crippen MR) is 214 cm³/mol. The van der Waals surface area contributed by atoms with E-state index >= 15 is 0 Å². The molecule has 0 aromatic heterocycles. The van der Waals surface area contributed by atoms with E-state index in [2.05, 4.69) is 104 Å². The molecule has 0 saturated carbocycles. The summed E-state index contributed by atoms with van der Waals surface area (Å²) in [6.45, 7) is 3.93. The second kappa shape index (κ2) is 12.0. The zero-order valence-electron chi connectivity index (χ0n) is 28.6. The maximum absolute atomic E-state index is 9.96. The average Bonchev–Trinajstić information content (AvgIpc) is 3.52. The maximum Gasteiger partial charge on any atom is 0.0998 e. The van der Waals surface area contributed by atoms with Crippen LogP contribution in [0.15, 0.2) is 145 Å². The summed E-state index contributed by atoms with van der Waals surface area (Å²) in [5, 5.41) is 38.2. The van der Waals surface area contributed by atoms with Gasteiger partial charge in [-0.15, -0.1) is 0 Å². The first kappa shape index (κ1) is 30.8. The molecule has 0 heterocycles. The number of nitriles is 3. The predicted octanol–water partition coefficient (Wildman–Crippen LogP) is 12.9. The molecule has 0 aliphatic heterocycles. The molecule has 0 N–H and O–H groups in total. The molecule has 0 bridgehead atoms. The van der Waals surface area contributed by atoms with Crippen LogP contribution in [-0.4, -0.2) is 0 Å². The van der Waals surface area contributed by atoms with Crippen molar-refractivity contribution >= 4 is 48.7 Å². The molecule has 0 radical (unpaired) electrons. The average molecular weight is 660 g/mol. The second-order valence-electron chi connectivity index (χ2n) is 13.5.